The van der Waals surface area contributed by atoms with Gasteiger partial charge in [-0.1, -0.05) is 0 Å². The first-order chi connectivity index (χ1) is 9.83. The number of hydrogen-bond acceptors (Lipinski definition) is 5. The van der Waals surface area contributed by atoms with E-state index in [-0.39, 0.29) is 11.1 Å². The Labute approximate surface area is 129 Å². The lowest BCUT2D eigenvalue weighted by Crippen LogP contribution is -2.26. The normalized spacial score (nSPS) is 13.5. The predicted molar refractivity (Wildman–Crippen MR) is 84.0 cm³/mol. The van der Waals surface area contributed by atoms with Gasteiger partial charge in [0.1, 0.15) is 5.76 Å². The largest absolute Gasteiger partial charge is 0.447 e. The Morgan fingerprint density at radius 1 is 1.33 bits per heavy atom. The summed E-state index contributed by atoms with van der Waals surface area (Å²) < 4.78 is 32.7. The molecule has 1 atom stereocenters. The fourth-order valence-corrected chi connectivity index (χ4v) is 4.40. The van der Waals surface area contributed by atoms with Crippen molar-refractivity contribution < 1.29 is 12.8 Å². The van der Waals surface area contributed by atoms with Gasteiger partial charge in [-0.15, -0.1) is 11.3 Å². The Bertz CT molecular complexity index is 716. The highest BCUT2D eigenvalue weighted by molar-refractivity contribution is 7.89. The van der Waals surface area contributed by atoms with Gasteiger partial charge in [0.15, 0.2) is 0 Å². The van der Waals surface area contributed by atoms with Crippen LogP contribution in [-0.2, 0) is 16.6 Å². The number of thiophene rings is 1. The zero-order valence-corrected chi connectivity index (χ0v) is 14.2. The van der Waals surface area contributed by atoms with Crippen LogP contribution in [0.3, 0.4) is 0 Å². The van der Waals surface area contributed by atoms with Gasteiger partial charge >= 0.3 is 0 Å². The topological polar surface area (TPSA) is 71.3 Å². The zero-order chi connectivity index (χ0) is 15.6. The van der Waals surface area contributed by atoms with Gasteiger partial charge in [0.25, 0.3) is 10.0 Å². The molecule has 0 spiro atoms. The summed E-state index contributed by atoms with van der Waals surface area (Å²) in [5.41, 5.74) is 1.00. The van der Waals surface area contributed by atoms with Crippen molar-refractivity contribution in [2.24, 2.45) is 0 Å². The third-order valence-electron chi connectivity index (χ3n) is 3.13. The summed E-state index contributed by atoms with van der Waals surface area (Å²) in [6.07, 6.45) is 0. The lowest BCUT2D eigenvalue weighted by Gasteiger charge is -2.13. The second-order valence-corrected chi connectivity index (χ2v) is 8.07. The highest BCUT2D eigenvalue weighted by Crippen LogP contribution is 2.27. The number of aryl methyl sites for hydroxylation is 2. The third kappa shape index (κ3) is 3.74. The number of hydrogen-bond donors (Lipinski definition) is 2. The Balaban J connectivity index is 2.18. The van der Waals surface area contributed by atoms with Crippen molar-refractivity contribution in [2.45, 2.75) is 38.5 Å². The summed E-state index contributed by atoms with van der Waals surface area (Å²) >= 11 is 1.66. The maximum Gasteiger partial charge on any atom is 0.274 e. The zero-order valence-electron chi connectivity index (χ0n) is 12.6. The first kappa shape index (κ1) is 16.2. The van der Waals surface area contributed by atoms with Gasteiger partial charge in [-0.05, 0) is 51.6 Å². The minimum absolute atomic E-state index is 0.0517. The molecule has 0 saturated heterocycles. The molecule has 0 amide bonds. The van der Waals surface area contributed by atoms with Gasteiger partial charge in [-0.3, -0.25) is 0 Å². The number of furan rings is 1. The molecule has 0 fully saturated rings. The average molecular weight is 328 g/mol. The molecule has 2 rings (SSSR count). The Hall–Kier alpha value is -1.15. The molecule has 21 heavy (non-hydrogen) atoms. The minimum atomic E-state index is -3.65. The lowest BCUT2D eigenvalue weighted by molar-refractivity contribution is 0.403. The first-order valence-corrected chi connectivity index (χ1v) is 8.96. The molecule has 2 heterocycles. The van der Waals surface area contributed by atoms with Gasteiger partial charge in [-0.25, -0.2) is 13.1 Å². The van der Waals surface area contributed by atoms with Gasteiger partial charge in [-0.2, -0.15) is 0 Å². The van der Waals surface area contributed by atoms with Crippen LogP contribution in [0.1, 0.15) is 34.0 Å². The van der Waals surface area contributed by atoms with Crippen LogP contribution in [0.15, 0.2) is 27.7 Å². The summed E-state index contributed by atoms with van der Waals surface area (Å²) in [6.45, 7) is 6.34. The van der Waals surface area contributed by atoms with E-state index in [0.717, 1.165) is 10.4 Å². The fourth-order valence-electron chi connectivity index (χ4n) is 2.21. The van der Waals surface area contributed by atoms with E-state index in [1.165, 1.54) is 10.9 Å². The van der Waals surface area contributed by atoms with Crippen molar-refractivity contribution in [2.75, 3.05) is 7.05 Å². The van der Waals surface area contributed by atoms with Crippen molar-refractivity contribution in [3.63, 3.8) is 0 Å². The summed E-state index contributed by atoms with van der Waals surface area (Å²) in [5.74, 6) is 0.591. The van der Waals surface area contributed by atoms with Gasteiger partial charge in [0.2, 0.25) is 5.09 Å². The summed E-state index contributed by atoms with van der Waals surface area (Å²) in [5, 5.41) is 2.87. The molecular weight excluding hydrogens is 308 g/mol. The first-order valence-electron chi connectivity index (χ1n) is 6.66. The van der Waals surface area contributed by atoms with E-state index in [0.29, 0.717) is 12.3 Å². The Kier molecular flexibility index (Phi) is 4.88. The number of rotatable bonds is 6. The van der Waals surface area contributed by atoms with E-state index in [1.54, 1.807) is 24.5 Å². The average Bonchev–Trinajstić information content (AvgIpc) is 2.96. The molecule has 5 nitrogen and oxygen atoms in total. The molecule has 0 aliphatic heterocycles. The molecule has 2 aromatic heterocycles. The van der Waals surface area contributed by atoms with E-state index in [2.05, 4.69) is 10.0 Å². The smallest absolute Gasteiger partial charge is 0.274 e. The Morgan fingerprint density at radius 3 is 2.62 bits per heavy atom. The van der Waals surface area contributed by atoms with E-state index in [1.807, 2.05) is 26.8 Å². The van der Waals surface area contributed by atoms with E-state index < -0.39 is 10.0 Å². The van der Waals surface area contributed by atoms with Crippen LogP contribution >= 0.6 is 11.3 Å². The SMILES string of the molecule is CNCc1ccc(S(=O)(=O)NC(C)c2cc(C)sc2C)o1. The standard InChI is InChI=1S/C14H20N2O3S2/c1-9-7-13(11(3)20-9)10(2)16-21(17,18)14-6-5-12(19-14)8-15-4/h5-7,10,15-16H,8H2,1-4H3. The van der Waals surface area contributed by atoms with Gasteiger partial charge in [0.05, 0.1) is 6.54 Å². The second kappa shape index (κ2) is 6.31. The van der Waals surface area contributed by atoms with Crippen molar-refractivity contribution in [1.29, 1.82) is 0 Å². The molecule has 0 bridgehead atoms. The maximum absolute atomic E-state index is 12.3. The van der Waals surface area contributed by atoms with Crippen LogP contribution in [0.5, 0.6) is 0 Å². The molecule has 0 aliphatic carbocycles. The van der Waals surface area contributed by atoms with E-state index >= 15 is 0 Å². The summed E-state index contributed by atoms with van der Waals surface area (Å²) in [6, 6.07) is 4.86. The van der Waals surface area contributed by atoms with Crippen LogP contribution in [0.2, 0.25) is 0 Å². The maximum atomic E-state index is 12.3. The monoisotopic (exact) mass is 328 g/mol. The minimum Gasteiger partial charge on any atom is -0.447 e. The van der Waals surface area contributed by atoms with Crippen molar-refractivity contribution in [3.05, 3.63) is 39.3 Å². The molecule has 116 valence electrons. The molecule has 0 aromatic carbocycles. The van der Waals surface area contributed by atoms with Crippen molar-refractivity contribution in [3.8, 4) is 0 Å². The lowest BCUT2D eigenvalue weighted by atomic mass is 10.1. The van der Waals surface area contributed by atoms with Gasteiger partial charge in [0, 0.05) is 15.8 Å². The van der Waals surface area contributed by atoms with Crippen LogP contribution in [0.4, 0.5) is 0 Å². The predicted octanol–water partition coefficient (Wildman–Crippen LogP) is 2.72. The molecule has 0 saturated carbocycles. The highest BCUT2D eigenvalue weighted by atomic mass is 32.2. The second-order valence-electron chi connectivity index (χ2n) is 4.96. The van der Waals surface area contributed by atoms with Crippen molar-refractivity contribution >= 4 is 21.4 Å². The fraction of sp³-hybridized carbons (Fsp3) is 0.429. The van der Waals surface area contributed by atoms with Crippen LogP contribution < -0.4 is 10.0 Å². The molecular formula is C14H20N2O3S2. The summed E-state index contributed by atoms with van der Waals surface area (Å²) in [7, 11) is -1.88. The van der Waals surface area contributed by atoms with Crippen molar-refractivity contribution in [1.82, 2.24) is 10.0 Å². The third-order valence-corrected chi connectivity index (χ3v) is 5.53. The van der Waals surface area contributed by atoms with Crippen LogP contribution in [0, 0.1) is 13.8 Å². The number of sulfonamides is 1. The van der Waals surface area contributed by atoms with E-state index in [9.17, 15) is 8.42 Å². The molecule has 7 heteroatoms. The Morgan fingerprint density at radius 2 is 2.05 bits per heavy atom. The van der Waals surface area contributed by atoms with Crippen LogP contribution in [0.25, 0.3) is 0 Å². The highest BCUT2D eigenvalue weighted by Gasteiger charge is 2.23. The quantitative estimate of drug-likeness (QED) is 0.855. The van der Waals surface area contributed by atoms with E-state index in [4.69, 9.17) is 4.42 Å². The molecule has 2 N–H and O–H groups in total. The van der Waals surface area contributed by atoms with Gasteiger partial charge < -0.3 is 9.73 Å². The van der Waals surface area contributed by atoms with Crippen LogP contribution in [-0.4, -0.2) is 15.5 Å². The molecule has 0 radical (unpaired) electrons. The molecule has 2 aromatic rings. The molecule has 0 aliphatic rings. The number of nitrogens with one attached hydrogen (secondary N) is 2. The molecule has 1 unspecified atom stereocenters. The summed E-state index contributed by atoms with van der Waals surface area (Å²) in [4.78, 5) is 2.29.